The van der Waals surface area contributed by atoms with E-state index in [1.165, 1.54) is 23.1 Å². The summed E-state index contributed by atoms with van der Waals surface area (Å²) >= 11 is 2.90. The van der Waals surface area contributed by atoms with Crippen LogP contribution in [0.15, 0.2) is 22.8 Å². The second kappa shape index (κ2) is 6.63. The molecule has 100 valence electrons. The smallest absolute Gasteiger partial charge is 0.226 e. The summed E-state index contributed by atoms with van der Waals surface area (Å²) in [4.78, 5) is 24.3. The minimum Gasteiger partial charge on any atom is -0.302 e. The van der Waals surface area contributed by atoms with E-state index >= 15 is 0 Å². The molecule has 1 amide bonds. The summed E-state index contributed by atoms with van der Waals surface area (Å²) in [6, 6.07) is 1.93. The number of nitrogens with zero attached hydrogens (tertiary/aromatic N) is 3. The van der Waals surface area contributed by atoms with Gasteiger partial charge in [-0.2, -0.15) is 0 Å². The standard InChI is InChI=1S/C12H14N4OS2/c1-8-7-9(2)15-12(14-8)18-5-3-10(17)16-11-13-4-6-19-11/h4,6-7H,3,5H2,1-2H3,(H,13,16,17). The van der Waals surface area contributed by atoms with Gasteiger partial charge in [0.2, 0.25) is 5.91 Å². The average Bonchev–Trinajstić information content (AvgIpc) is 2.80. The molecule has 0 aliphatic heterocycles. The van der Waals surface area contributed by atoms with Crippen LogP contribution in [0.3, 0.4) is 0 Å². The molecule has 0 saturated heterocycles. The molecule has 1 N–H and O–H groups in total. The molecule has 0 aromatic carbocycles. The molecule has 7 heteroatoms. The van der Waals surface area contributed by atoms with Crippen LogP contribution >= 0.6 is 23.1 Å². The first-order valence-corrected chi connectivity index (χ1v) is 7.64. The second-order valence-electron chi connectivity index (χ2n) is 3.92. The van der Waals surface area contributed by atoms with E-state index in [1.807, 2.05) is 25.3 Å². The van der Waals surface area contributed by atoms with Crippen LogP contribution in [0.4, 0.5) is 5.13 Å². The summed E-state index contributed by atoms with van der Waals surface area (Å²) in [7, 11) is 0. The first-order chi connectivity index (χ1) is 9.13. The zero-order valence-electron chi connectivity index (χ0n) is 10.7. The zero-order valence-corrected chi connectivity index (χ0v) is 12.3. The van der Waals surface area contributed by atoms with Gasteiger partial charge in [0.15, 0.2) is 10.3 Å². The van der Waals surface area contributed by atoms with Crippen LogP contribution in [0, 0.1) is 13.8 Å². The van der Waals surface area contributed by atoms with Gasteiger partial charge in [-0.05, 0) is 19.9 Å². The highest BCUT2D eigenvalue weighted by atomic mass is 32.2. The molecule has 0 aliphatic rings. The van der Waals surface area contributed by atoms with Crippen molar-refractivity contribution in [1.82, 2.24) is 15.0 Å². The van der Waals surface area contributed by atoms with Gasteiger partial charge < -0.3 is 5.32 Å². The molecular weight excluding hydrogens is 280 g/mol. The molecule has 19 heavy (non-hydrogen) atoms. The van der Waals surface area contributed by atoms with E-state index in [0.29, 0.717) is 17.3 Å². The number of anilines is 1. The highest BCUT2D eigenvalue weighted by molar-refractivity contribution is 7.99. The van der Waals surface area contributed by atoms with Crippen molar-refractivity contribution < 1.29 is 4.79 Å². The Morgan fingerprint density at radius 3 is 2.74 bits per heavy atom. The Kier molecular flexibility index (Phi) is 4.86. The summed E-state index contributed by atoms with van der Waals surface area (Å²) in [6.45, 7) is 3.88. The molecule has 2 heterocycles. The summed E-state index contributed by atoms with van der Waals surface area (Å²) < 4.78 is 0. The first kappa shape index (κ1) is 14.0. The Labute approximate surface area is 119 Å². The van der Waals surface area contributed by atoms with Crippen LogP contribution in [-0.4, -0.2) is 26.6 Å². The number of hydrogen-bond acceptors (Lipinski definition) is 6. The van der Waals surface area contributed by atoms with Crippen molar-refractivity contribution in [3.05, 3.63) is 29.0 Å². The summed E-state index contributed by atoms with van der Waals surface area (Å²) in [5, 5.41) is 5.93. The number of rotatable bonds is 5. The fraction of sp³-hybridized carbons (Fsp3) is 0.333. The van der Waals surface area contributed by atoms with Gasteiger partial charge in [0.05, 0.1) is 0 Å². The summed E-state index contributed by atoms with van der Waals surface area (Å²) in [6.07, 6.45) is 2.08. The van der Waals surface area contributed by atoms with Crippen LogP contribution in [0.25, 0.3) is 0 Å². The number of carbonyl (C=O) groups is 1. The molecule has 2 aromatic rings. The Morgan fingerprint density at radius 1 is 1.37 bits per heavy atom. The van der Waals surface area contributed by atoms with E-state index < -0.39 is 0 Å². The second-order valence-corrected chi connectivity index (χ2v) is 5.87. The maximum Gasteiger partial charge on any atom is 0.226 e. The monoisotopic (exact) mass is 294 g/mol. The normalized spacial score (nSPS) is 10.4. The quantitative estimate of drug-likeness (QED) is 0.678. The van der Waals surface area contributed by atoms with Gasteiger partial charge in [-0.15, -0.1) is 11.3 Å². The van der Waals surface area contributed by atoms with Crippen LogP contribution < -0.4 is 5.32 Å². The van der Waals surface area contributed by atoms with E-state index in [2.05, 4.69) is 20.3 Å². The van der Waals surface area contributed by atoms with E-state index in [4.69, 9.17) is 0 Å². The number of amides is 1. The molecular formula is C12H14N4OS2. The average molecular weight is 294 g/mol. The third-order valence-corrected chi connectivity index (χ3v) is 3.74. The summed E-state index contributed by atoms with van der Waals surface area (Å²) in [5.74, 6) is 0.618. The summed E-state index contributed by atoms with van der Waals surface area (Å²) in [5.41, 5.74) is 1.89. The highest BCUT2D eigenvalue weighted by Crippen LogP contribution is 2.16. The third kappa shape index (κ3) is 4.60. The minimum absolute atomic E-state index is 0.0353. The number of carbonyl (C=O) groups excluding carboxylic acids is 1. The number of aromatic nitrogens is 3. The lowest BCUT2D eigenvalue weighted by atomic mass is 10.4. The van der Waals surface area contributed by atoms with Crippen LogP contribution in [0.1, 0.15) is 17.8 Å². The topological polar surface area (TPSA) is 67.8 Å². The fourth-order valence-electron chi connectivity index (χ4n) is 1.46. The molecule has 0 radical (unpaired) electrons. The molecule has 0 fully saturated rings. The van der Waals surface area contributed by atoms with Crippen molar-refractivity contribution >= 4 is 34.1 Å². The molecule has 0 unspecified atom stereocenters. The molecule has 0 saturated carbocycles. The maximum atomic E-state index is 11.6. The Morgan fingerprint density at radius 2 is 2.11 bits per heavy atom. The number of aryl methyl sites for hydroxylation is 2. The SMILES string of the molecule is Cc1cc(C)nc(SCCC(=O)Nc2nccs2)n1. The van der Waals surface area contributed by atoms with Crippen molar-refractivity contribution in [2.75, 3.05) is 11.1 Å². The lowest BCUT2D eigenvalue weighted by Gasteiger charge is -2.03. The molecule has 2 rings (SSSR count). The number of hydrogen-bond donors (Lipinski definition) is 1. The zero-order chi connectivity index (χ0) is 13.7. The van der Waals surface area contributed by atoms with Crippen molar-refractivity contribution in [2.45, 2.75) is 25.4 Å². The molecule has 0 atom stereocenters. The van der Waals surface area contributed by atoms with Crippen molar-refractivity contribution in [1.29, 1.82) is 0 Å². The number of thioether (sulfide) groups is 1. The van der Waals surface area contributed by atoms with Gasteiger partial charge in [-0.1, -0.05) is 11.8 Å². The van der Waals surface area contributed by atoms with Gasteiger partial charge in [0.1, 0.15) is 0 Å². The van der Waals surface area contributed by atoms with E-state index in [9.17, 15) is 4.79 Å². The van der Waals surface area contributed by atoms with Crippen LogP contribution in [-0.2, 0) is 4.79 Å². The Bertz CT molecular complexity index is 537. The van der Waals surface area contributed by atoms with Crippen molar-refractivity contribution in [3.63, 3.8) is 0 Å². The fourth-order valence-corrected chi connectivity index (χ4v) is 2.89. The van der Waals surface area contributed by atoms with Gasteiger partial charge in [0.25, 0.3) is 0 Å². The van der Waals surface area contributed by atoms with E-state index in [1.54, 1.807) is 6.20 Å². The maximum absolute atomic E-state index is 11.6. The van der Waals surface area contributed by atoms with Gasteiger partial charge in [-0.25, -0.2) is 15.0 Å². The molecule has 0 bridgehead atoms. The van der Waals surface area contributed by atoms with Gasteiger partial charge in [-0.3, -0.25) is 4.79 Å². The van der Waals surface area contributed by atoms with E-state index in [-0.39, 0.29) is 5.91 Å². The molecule has 0 aliphatic carbocycles. The molecule has 5 nitrogen and oxygen atoms in total. The Balaban J connectivity index is 1.78. The van der Waals surface area contributed by atoms with Crippen LogP contribution in [0.2, 0.25) is 0 Å². The largest absolute Gasteiger partial charge is 0.302 e. The lowest BCUT2D eigenvalue weighted by Crippen LogP contribution is -2.12. The van der Waals surface area contributed by atoms with Crippen molar-refractivity contribution in [3.8, 4) is 0 Å². The van der Waals surface area contributed by atoms with E-state index in [0.717, 1.165) is 16.5 Å². The van der Waals surface area contributed by atoms with Crippen LogP contribution in [0.5, 0.6) is 0 Å². The first-order valence-electron chi connectivity index (χ1n) is 5.78. The van der Waals surface area contributed by atoms with Crippen molar-refractivity contribution in [2.24, 2.45) is 0 Å². The lowest BCUT2D eigenvalue weighted by molar-refractivity contribution is -0.115. The van der Waals surface area contributed by atoms with Gasteiger partial charge in [0, 0.05) is 35.1 Å². The number of thiazole rings is 1. The molecule has 2 aromatic heterocycles. The third-order valence-electron chi connectivity index (χ3n) is 2.20. The predicted octanol–water partition coefficient (Wildman–Crippen LogP) is 2.67. The van der Waals surface area contributed by atoms with Gasteiger partial charge >= 0.3 is 0 Å². The number of nitrogens with one attached hydrogen (secondary N) is 1. The molecule has 0 spiro atoms. The Hall–Kier alpha value is -1.47. The highest BCUT2D eigenvalue weighted by Gasteiger charge is 2.06. The predicted molar refractivity (Wildman–Crippen MR) is 77.6 cm³/mol. The minimum atomic E-state index is -0.0353.